The van der Waals surface area contributed by atoms with Gasteiger partial charge in [0.1, 0.15) is 11.5 Å². The van der Waals surface area contributed by atoms with Crippen molar-refractivity contribution in [3.05, 3.63) is 34.3 Å². The minimum absolute atomic E-state index is 0.344. The topological polar surface area (TPSA) is 81.8 Å². The summed E-state index contributed by atoms with van der Waals surface area (Å²) in [6.45, 7) is 7.63. The van der Waals surface area contributed by atoms with Crippen molar-refractivity contribution in [2.24, 2.45) is 10.7 Å². The number of hydrogen-bond donors (Lipinski definition) is 2. The van der Waals surface area contributed by atoms with E-state index < -0.39 is 0 Å². The Labute approximate surface area is 146 Å². The van der Waals surface area contributed by atoms with Crippen molar-refractivity contribution >= 4 is 23.0 Å². The number of hydrogen-bond acceptors (Lipinski definition) is 5. The molecule has 0 saturated carbocycles. The molecule has 0 amide bonds. The SMILES string of the molecule is CCOc1ccc(OCC)c(NC(N)=NCCc2csc(C)n2)c1. The number of nitrogens with one attached hydrogen (secondary N) is 1. The summed E-state index contributed by atoms with van der Waals surface area (Å²) < 4.78 is 11.1. The Morgan fingerprint density at radius 3 is 2.75 bits per heavy atom. The van der Waals surface area contributed by atoms with Crippen molar-refractivity contribution < 1.29 is 9.47 Å². The van der Waals surface area contributed by atoms with Crippen molar-refractivity contribution in [1.29, 1.82) is 0 Å². The van der Waals surface area contributed by atoms with Crippen LogP contribution in [-0.4, -0.2) is 30.7 Å². The molecule has 1 aromatic heterocycles. The third-order valence-corrected chi connectivity index (χ3v) is 3.96. The second kappa shape index (κ2) is 9.12. The van der Waals surface area contributed by atoms with Crippen molar-refractivity contribution in [2.45, 2.75) is 27.2 Å². The summed E-state index contributed by atoms with van der Waals surface area (Å²) >= 11 is 1.64. The molecule has 3 N–H and O–H groups in total. The van der Waals surface area contributed by atoms with Gasteiger partial charge >= 0.3 is 0 Å². The Morgan fingerprint density at radius 2 is 2.08 bits per heavy atom. The molecule has 0 saturated heterocycles. The van der Waals surface area contributed by atoms with E-state index in [0.717, 1.165) is 28.6 Å². The van der Waals surface area contributed by atoms with Crippen LogP contribution in [0.4, 0.5) is 5.69 Å². The van der Waals surface area contributed by atoms with Crippen molar-refractivity contribution in [3.63, 3.8) is 0 Å². The van der Waals surface area contributed by atoms with Crippen LogP contribution in [0.15, 0.2) is 28.6 Å². The first-order valence-electron chi connectivity index (χ1n) is 8.00. The van der Waals surface area contributed by atoms with Gasteiger partial charge in [-0.15, -0.1) is 11.3 Å². The Morgan fingerprint density at radius 1 is 1.29 bits per heavy atom. The minimum Gasteiger partial charge on any atom is -0.494 e. The van der Waals surface area contributed by atoms with Gasteiger partial charge in [0.15, 0.2) is 5.96 Å². The van der Waals surface area contributed by atoms with E-state index in [-0.39, 0.29) is 0 Å². The van der Waals surface area contributed by atoms with Crippen LogP contribution in [0.25, 0.3) is 0 Å². The number of nitrogens with zero attached hydrogens (tertiary/aromatic N) is 2. The maximum absolute atomic E-state index is 5.99. The summed E-state index contributed by atoms with van der Waals surface area (Å²) in [5, 5.41) is 6.20. The molecule has 0 aliphatic carbocycles. The summed E-state index contributed by atoms with van der Waals surface area (Å²) in [4.78, 5) is 8.77. The van der Waals surface area contributed by atoms with Crippen LogP contribution in [0.1, 0.15) is 24.5 Å². The Kier molecular flexibility index (Phi) is 6.87. The second-order valence-corrected chi connectivity index (χ2v) is 6.09. The number of ether oxygens (including phenoxy) is 2. The second-order valence-electron chi connectivity index (χ2n) is 5.02. The van der Waals surface area contributed by atoms with Crippen LogP contribution in [0.2, 0.25) is 0 Å². The molecular formula is C17H24N4O2S. The fourth-order valence-electron chi connectivity index (χ4n) is 2.14. The van der Waals surface area contributed by atoms with E-state index in [1.54, 1.807) is 11.3 Å². The number of thiazole rings is 1. The van der Waals surface area contributed by atoms with Gasteiger partial charge in [-0.3, -0.25) is 4.99 Å². The Balaban J connectivity index is 2.01. The highest BCUT2D eigenvalue weighted by atomic mass is 32.1. The standard InChI is InChI=1S/C17H24N4O2S/c1-4-22-14-6-7-16(23-5-2)15(10-14)21-17(18)19-9-8-13-11-24-12(3)20-13/h6-7,10-11H,4-5,8-9H2,1-3H3,(H3,18,19,21). The summed E-state index contributed by atoms with van der Waals surface area (Å²) in [6, 6.07) is 5.60. The predicted octanol–water partition coefficient (Wildman–Crippen LogP) is 3.22. The van der Waals surface area contributed by atoms with Gasteiger partial charge in [-0.2, -0.15) is 0 Å². The van der Waals surface area contributed by atoms with Gasteiger partial charge in [0.25, 0.3) is 0 Å². The van der Waals surface area contributed by atoms with E-state index in [0.29, 0.717) is 31.5 Å². The van der Waals surface area contributed by atoms with Crippen molar-refractivity contribution in [3.8, 4) is 11.5 Å². The number of aryl methyl sites for hydroxylation is 1. The maximum Gasteiger partial charge on any atom is 0.193 e. The van der Waals surface area contributed by atoms with E-state index in [4.69, 9.17) is 15.2 Å². The molecule has 0 unspecified atom stereocenters. The largest absolute Gasteiger partial charge is 0.494 e. The molecule has 6 nitrogen and oxygen atoms in total. The van der Waals surface area contributed by atoms with Gasteiger partial charge in [0.2, 0.25) is 0 Å². The van der Waals surface area contributed by atoms with Gasteiger partial charge in [0.05, 0.1) is 29.6 Å². The Bertz CT molecular complexity index is 685. The molecule has 0 radical (unpaired) electrons. The molecule has 24 heavy (non-hydrogen) atoms. The molecule has 2 aromatic rings. The van der Waals surface area contributed by atoms with Crippen LogP contribution >= 0.6 is 11.3 Å². The van der Waals surface area contributed by atoms with E-state index in [1.807, 2.05) is 44.4 Å². The summed E-state index contributed by atoms with van der Waals surface area (Å²) in [5.41, 5.74) is 7.78. The first-order valence-corrected chi connectivity index (χ1v) is 8.88. The van der Waals surface area contributed by atoms with Gasteiger partial charge in [-0.05, 0) is 32.9 Å². The molecule has 7 heteroatoms. The molecule has 0 aliphatic heterocycles. The summed E-state index contributed by atoms with van der Waals surface area (Å²) in [7, 11) is 0. The van der Waals surface area contributed by atoms with Crippen LogP contribution in [0.5, 0.6) is 11.5 Å². The molecule has 0 fully saturated rings. The van der Waals surface area contributed by atoms with Crippen molar-refractivity contribution in [1.82, 2.24) is 4.98 Å². The van der Waals surface area contributed by atoms with Crippen molar-refractivity contribution in [2.75, 3.05) is 25.1 Å². The van der Waals surface area contributed by atoms with Gasteiger partial charge in [-0.25, -0.2) is 4.98 Å². The average molecular weight is 348 g/mol. The van der Waals surface area contributed by atoms with Crippen LogP contribution in [-0.2, 0) is 6.42 Å². The average Bonchev–Trinajstić information content (AvgIpc) is 2.96. The normalized spacial score (nSPS) is 11.4. The van der Waals surface area contributed by atoms with Crippen LogP contribution in [0.3, 0.4) is 0 Å². The molecule has 0 spiro atoms. The smallest absolute Gasteiger partial charge is 0.193 e. The lowest BCUT2D eigenvalue weighted by molar-refractivity contribution is 0.332. The molecule has 0 atom stereocenters. The Hall–Kier alpha value is -2.28. The zero-order valence-corrected chi connectivity index (χ0v) is 15.2. The third kappa shape index (κ3) is 5.42. The fourth-order valence-corrected chi connectivity index (χ4v) is 2.78. The van der Waals surface area contributed by atoms with E-state index in [1.165, 1.54) is 0 Å². The van der Waals surface area contributed by atoms with E-state index in [9.17, 15) is 0 Å². The van der Waals surface area contributed by atoms with Gasteiger partial charge in [0, 0.05) is 24.4 Å². The molecule has 0 aliphatic rings. The zero-order chi connectivity index (χ0) is 17.4. The number of aromatic nitrogens is 1. The molecule has 130 valence electrons. The summed E-state index contributed by atoms with van der Waals surface area (Å²) in [6.07, 6.45) is 0.768. The highest BCUT2D eigenvalue weighted by Crippen LogP contribution is 2.29. The van der Waals surface area contributed by atoms with Crippen LogP contribution in [0, 0.1) is 6.92 Å². The lowest BCUT2D eigenvalue weighted by atomic mass is 10.2. The fraction of sp³-hybridized carbons (Fsp3) is 0.412. The number of aliphatic imine (C=N–C) groups is 1. The highest BCUT2D eigenvalue weighted by molar-refractivity contribution is 7.09. The van der Waals surface area contributed by atoms with Crippen LogP contribution < -0.4 is 20.5 Å². The summed E-state index contributed by atoms with van der Waals surface area (Å²) in [5.74, 6) is 1.82. The number of rotatable bonds is 8. The van der Waals surface area contributed by atoms with Gasteiger partial charge < -0.3 is 20.5 Å². The third-order valence-electron chi connectivity index (χ3n) is 3.14. The highest BCUT2D eigenvalue weighted by Gasteiger charge is 2.07. The maximum atomic E-state index is 5.99. The number of guanidine groups is 1. The molecule has 0 bridgehead atoms. The number of nitrogens with two attached hydrogens (primary N) is 1. The first kappa shape index (κ1) is 18.1. The molecule has 1 aromatic carbocycles. The molecule has 2 rings (SSSR count). The molecule has 1 heterocycles. The number of benzene rings is 1. The monoisotopic (exact) mass is 348 g/mol. The minimum atomic E-state index is 0.344. The quantitative estimate of drug-likeness (QED) is 0.565. The predicted molar refractivity (Wildman–Crippen MR) is 99.4 cm³/mol. The first-order chi connectivity index (χ1) is 11.6. The van der Waals surface area contributed by atoms with E-state index >= 15 is 0 Å². The lowest BCUT2D eigenvalue weighted by Crippen LogP contribution is -2.23. The number of anilines is 1. The van der Waals surface area contributed by atoms with Gasteiger partial charge in [-0.1, -0.05) is 0 Å². The molecular weight excluding hydrogens is 324 g/mol. The lowest BCUT2D eigenvalue weighted by Gasteiger charge is -2.13. The van der Waals surface area contributed by atoms with E-state index in [2.05, 4.69) is 15.3 Å². The zero-order valence-electron chi connectivity index (χ0n) is 14.3.